The van der Waals surface area contributed by atoms with Gasteiger partial charge in [0.25, 0.3) is 0 Å². The number of aryl methyl sites for hydroxylation is 1. The molecule has 0 saturated carbocycles. The Kier molecular flexibility index (Phi) is 3.77. The van der Waals surface area contributed by atoms with Crippen molar-refractivity contribution in [2.45, 2.75) is 19.5 Å². The predicted molar refractivity (Wildman–Crippen MR) is 92.9 cm³/mol. The van der Waals surface area contributed by atoms with Crippen LogP contribution in [0.4, 0.5) is 0 Å². The zero-order valence-electron chi connectivity index (χ0n) is 13.3. The van der Waals surface area contributed by atoms with Crippen molar-refractivity contribution in [3.63, 3.8) is 0 Å². The Morgan fingerprint density at radius 2 is 2.08 bits per heavy atom. The zero-order chi connectivity index (χ0) is 17.2. The molecule has 4 rings (SSSR count). The summed E-state index contributed by atoms with van der Waals surface area (Å²) in [7, 11) is 0. The SMILES string of the molecule is O=C(CCn1c(=O)[nH]c2ccccc21)NCc1[nH]nc2ncccc12. The van der Waals surface area contributed by atoms with E-state index in [0.29, 0.717) is 18.7 Å². The fourth-order valence-corrected chi connectivity index (χ4v) is 2.85. The van der Waals surface area contributed by atoms with Crippen molar-refractivity contribution in [2.24, 2.45) is 0 Å². The second-order valence-electron chi connectivity index (χ2n) is 5.70. The number of benzene rings is 1. The molecule has 1 aromatic carbocycles. The van der Waals surface area contributed by atoms with Crippen molar-refractivity contribution in [2.75, 3.05) is 0 Å². The number of H-pyrrole nitrogens is 2. The zero-order valence-corrected chi connectivity index (χ0v) is 13.3. The van der Waals surface area contributed by atoms with Gasteiger partial charge in [-0.05, 0) is 24.3 Å². The Morgan fingerprint density at radius 3 is 3.00 bits per heavy atom. The first-order valence-electron chi connectivity index (χ1n) is 7.94. The molecule has 1 amide bonds. The molecule has 0 saturated heterocycles. The summed E-state index contributed by atoms with van der Waals surface area (Å²) in [5, 5.41) is 10.7. The van der Waals surface area contributed by atoms with Crippen LogP contribution in [0.5, 0.6) is 0 Å². The van der Waals surface area contributed by atoms with Gasteiger partial charge in [-0.2, -0.15) is 5.10 Å². The van der Waals surface area contributed by atoms with E-state index in [1.165, 1.54) is 0 Å². The van der Waals surface area contributed by atoms with Gasteiger partial charge in [0, 0.05) is 24.5 Å². The van der Waals surface area contributed by atoms with Crippen molar-refractivity contribution in [1.82, 2.24) is 30.0 Å². The summed E-state index contributed by atoms with van der Waals surface area (Å²) in [5.74, 6) is -0.135. The molecule has 3 heterocycles. The normalized spacial score (nSPS) is 11.2. The molecule has 25 heavy (non-hydrogen) atoms. The third-order valence-corrected chi connectivity index (χ3v) is 4.11. The molecule has 0 atom stereocenters. The number of amides is 1. The van der Waals surface area contributed by atoms with Crippen molar-refractivity contribution in [1.29, 1.82) is 0 Å². The molecule has 0 fully saturated rings. The highest BCUT2D eigenvalue weighted by molar-refractivity contribution is 5.80. The van der Waals surface area contributed by atoms with E-state index in [0.717, 1.165) is 22.1 Å². The number of rotatable bonds is 5. The smallest absolute Gasteiger partial charge is 0.326 e. The first kappa shape index (κ1) is 15.1. The fraction of sp³-hybridized carbons (Fsp3) is 0.176. The van der Waals surface area contributed by atoms with Crippen LogP contribution < -0.4 is 11.0 Å². The summed E-state index contributed by atoms with van der Waals surface area (Å²) in [6.45, 7) is 0.657. The average molecular weight is 336 g/mol. The van der Waals surface area contributed by atoms with Gasteiger partial charge in [-0.1, -0.05) is 12.1 Å². The minimum atomic E-state index is -0.209. The van der Waals surface area contributed by atoms with Gasteiger partial charge in [0.2, 0.25) is 5.91 Å². The third kappa shape index (κ3) is 2.89. The minimum absolute atomic E-state index is 0.135. The number of pyridine rings is 1. The van der Waals surface area contributed by atoms with Gasteiger partial charge in [0.1, 0.15) is 0 Å². The number of aromatic amines is 2. The van der Waals surface area contributed by atoms with Crippen LogP contribution >= 0.6 is 0 Å². The van der Waals surface area contributed by atoms with Crippen LogP contribution in [-0.4, -0.2) is 30.6 Å². The Bertz CT molecular complexity index is 1110. The third-order valence-electron chi connectivity index (χ3n) is 4.11. The van der Waals surface area contributed by atoms with Crippen LogP contribution in [0, 0.1) is 0 Å². The average Bonchev–Trinajstić information content (AvgIpc) is 3.18. The van der Waals surface area contributed by atoms with Gasteiger partial charge in [-0.25, -0.2) is 9.78 Å². The molecule has 8 heteroatoms. The second kappa shape index (κ2) is 6.23. The Labute approximate surface area is 141 Å². The quantitative estimate of drug-likeness (QED) is 0.510. The summed E-state index contributed by atoms with van der Waals surface area (Å²) in [6, 6.07) is 11.1. The molecule has 0 aliphatic carbocycles. The highest BCUT2D eigenvalue weighted by atomic mass is 16.2. The monoisotopic (exact) mass is 336 g/mol. The molecule has 0 bridgehead atoms. The van der Waals surface area contributed by atoms with Crippen LogP contribution in [0.2, 0.25) is 0 Å². The van der Waals surface area contributed by atoms with Crippen LogP contribution in [0.3, 0.4) is 0 Å². The minimum Gasteiger partial charge on any atom is -0.350 e. The summed E-state index contributed by atoms with van der Waals surface area (Å²) in [6.07, 6.45) is 1.89. The number of carbonyl (C=O) groups excluding carboxylic acids is 1. The van der Waals surface area contributed by atoms with E-state index in [1.807, 2.05) is 36.4 Å². The van der Waals surface area contributed by atoms with Crippen LogP contribution in [0.1, 0.15) is 12.1 Å². The molecule has 8 nitrogen and oxygen atoms in total. The molecule has 0 spiro atoms. The van der Waals surface area contributed by atoms with E-state index in [9.17, 15) is 9.59 Å². The molecular weight excluding hydrogens is 320 g/mol. The number of nitrogens with zero attached hydrogens (tertiary/aromatic N) is 3. The standard InChI is InChI=1S/C17H16N6O2/c24-15(19-10-13-11-4-3-8-18-16(11)22-21-13)7-9-23-14-6-2-1-5-12(14)20-17(23)25/h1-6,8H,7,9-10H2,(H,19,24)(H,20,25)(H,18,21,22). The molecular formula is C17H16N6O2. The molecule has 3 N–H and O–H groups in total. The lowest BCUT2D eigenvalue weighted by molar-refractivity contribution is -0.121. The van der Waals surface area contributed by atoms with E-state index >= 15 is 0 Å². The van der Waals surface area contributed by atoms with E-state index in [4.69, 9.17) is 0 Å². The van der Waals surface area contributed by atoms with Crippen LogP contribution in [-0.2, 0) is 17.9 Å². The maximum Gasteiger partial charge on any atom is 0.326 e. The van der Waals surface area contributed by atoms with Gasteiger partial charge in [-0.15, -0.1) is 0 Å². The second-order valence-corrected chi connectivity index (χ2v) is 5.70. The number of carbonyl (C=O) groups is 1. The summed E-state index contributed by atoms with van der Waals surface area (Å²) >= 11 is 0. The number of aromatic nitrogens is 5. The Balaban J connectivity index is 1.41. The number of fused-ring (bicyclic) bond motifs is 2. The van der Waals surface area contributed by atoms with Crippen LogP contribution in [0.15, 0.2) is 47.4 Å². The Morgan fingerprint density at radius 1 is 1.20 bits per heavy atom. The lowest BCUT2D eigenvalue weighted by Crippen LogP contribution is -2.26. The van der Waals surface area contributed by atoms with Crippen molar-refractivity contribution in [3.05, 3.63) is 58.8 Å². The lowest BCUT2D eigenvalue weighted by Gasteiger charge is -2.05. The van der Waals surface area contributed by atoms with E-state index in [1.54, 1.807) is 10.8 Å². The maximum atomic E-state index is 12.1. The molecule has 0 unspecified atom stereocenters. The summed E-state index contributed by atoms with van der Waals surface area (Å²) in [4.78, 5) is 31.0. The topological polar surface area (TPSA) is 108 Å². The van der Waals surface area contributed by atoms with Gasteiger partial charge in [0.15, 0.2) is 5.65 Å². The predicted octanol–water partition coefficient (Wildman–Crippen LogP) is 1.31. The number of para-hydroxylation sites is 2. The maximum absolute atomic E-state index is 12.1. The molecule has 126 valence electrons. The first-order chi connectivity index (χ1) is 12.2. The highest BCUT2D eigenvalue weighted by Crippen LogP contribution is 2.12. The Hall–Kier alpha value is -3.42. The molecule has 4 aromatic rings. The summed E-state index contributed by atoms with van der Waals surface area (Å²) in [5.41, 5.74) is 2.78. The molecule has 0 aliphatic heterocycles. The molecule has 3 aromatic heterocycles. The van der Waals surface area contributed by atoms with Crippen molar-refractivity contribution >= 4 is 28.0 Å². The fourth-order valence-electron chi connectivity index (χ4n) is 2.85. The van der Waals surface area contributed by atoms with E-state index in [-0.39, 0.29) is 18.0 Å². The summed E-state index contributed by atoms with van der Waals surface area (Å²) < 4.78 is 1.57. The van der Waals surface area contributed by atoms with Gasteiger partial charge >= 0.3 is 5.69 Å². The number of imidazole rings is 1. The van der Waals surface area contributed by atoms with E-state index < -0.39 is 0 Å². The first-order valence-corrected chi connectivity index (χ1v) is 7.94. The highest BCUT2D eigenvalue weighted by Gasteiger charge is 2.10. The van der Waals surface area contributed by atoms with Crippen molar-refractivity contribution < 1.29 is 4.79 Å². The van der Waals surface area contributed by atoms with Gasteiger partial charge < -0.3 is 10.3 Å². The van der Waals surface area contributed by atoms with Gasteiger partial charge in [-0.3, -0.25) is 14.5 Å². The number of hydrogen-bond acceptors (Lipinski definition) is 4. The lowest BCUT2D eigenvalue weighted by atomic mass is 10.2. The molecule has 0 aliphatic rings. The number of hydrogen-bond donors (Lipinski definition) is 3. The van der Waals surface area contributed by atoms with Crippen LogP contribution in [0.25, 0.3) is 22.1 Å². The number of nitrogens with one attached hydrogen (secondary N) is 3. The van der Waals surface area contributed by atoms with E-state index in [2.05, 4.69) is 25.5 Å². The van der Waals surface area contributed by atoms with Crippen molar-refractivity contribution in [3.8, 4) is 0 Å². The largest absolute Gasteiger partial charge is 0.350 e. The molecule has 0 radical (unpaired) electrons. The van der Waals surface area contributed by atoms with Gasteiger partial charge in [0.05, 0.1) is 23.3 Å².